The van der Waals surface area contributed by atoms with E-state index >= 15 is 0 Å². The Morgan fingerprint density at radius 1 is 1.35 bits per heavy atom. The maximum Gasteiger partial charge on any atom is 0.242 e. The second kappa shape index (κ2) is 4.44. The number of nitrogens with zero attached hydrogens (tertiary/aromatic N) is 3. The fourth-order valence-electron chi connectivity index (χ4n) is 2.60. The van der Waals surface area contributed by atoms with Crippen LogP contribution in [0.15, 0.2) is 41.4 Å². The third-order valence-corrected chi connectivity index (χ3v) is 5.57. The van der Waals surface area contributed by atoms with E-state index < -0.39 is 15.6 Å². The molecular formula is C15H12N4O3S. The zero-order valence-electron chi connectivity index (χ0n) is 11.9. The van der Waals surface area contributed by atoms with E-state index in [0.29, 0.717) is 24.2 Å². The van der Waals surface area contributed by atoms with Crippen molar-refractivity contribution >= 4 is 20.9 Å². The number of rotatable bonds is 3. The largest absolute Gasteiger partial charge is 0.427 e. The fourth-order valence-corrected chi connectivity index (χ4v) is 4.00. The molecular weight excluding hydrogens is 316 g/mol. The van der Waals surface area contributed by atoms with Gasteiger partial charge in [0.05, 0.1) is 16.5 Å². The summed E-state index contributed by atoms with van der Waals surface area (Å²) in [5, 5.41) is 19.6. The topological polar surface area (TPSA) is 108 Å². The van der Waals surface area contributed by atoms with Crippen molar-refractivity contribution in [3.05, 3.63) is 36.5 Å². The Balaban J connectivity index is 1.83. The van der Waals surface area contributed by atoms with Crippen LogP contribution in [0.25, 0.3) is 22.3 Å². The molecule has 1 saturated carbocycles. The summed E-state index contributed by atoms with van der Waals surface area (Å²) in [6.07, 6.45) is 2.50. The maximum absolute atomic E-state index is 12.4. The quantitative estimate of drug-likeness (QED) is 0.712. The summed E-state index contributed by atoms with van der Waals surface area (Å²) in [6, 6.07) is 10.1. The molecule has 0 atom stereocenters. The lowest BCUT2D eigenvalue weighted by atomic mass is 10.1. The van der Waals surface area contributed by atoms with Gasteiger partial charge in [0.2, 0.25) is 10.0 Å². The van der Waals surface area contributed by atoms with Crippen molar-refractivity contribution < 1.29 is 13.6 Å². The smallest absolute Gasteiger partial charge is 0.242 e. The highest BCUT2D eigenvalue weighted by Gasteiger charge is 2.46. The van der Waals surface area contributed by atoms with E-state index in [9.17, 15) is 13.6 Å². The Kier molecular flexibility index (Phi) is 2.70. The van der Waals surface area contributed by atoms with Crippen LogP contribution in [0.1, 0.15) is 12.8 Å². The van der Waals surface area contributed by atoms with Crippen LogP contribution in [-0.2, 0) is 10.0 Å². The molecule has 0 radical (unpaired) electrons. The number of aromatic nitrogens is 2. The van der Waals surface area contributed by atoms with Gasteiger partial charge in [0.15, 0.2) is 5.82 Å². The monoisotopic (exact) mass is 328 g/mol. The van der Waals surface area contributed by atoms with Gasteiger partial charge in [-0.05, 0) is 37.1 Å². The van der Waals surface area contributed by atoms with Crippen molar-refractivity contribution in [2.45, 2.75) is 23.3 Å². The van der Waals surface area contributed by atoms with Crippen LogP contribution in [0.4, 0.5) is 0 Å². The highest BCUT2D eigenvalue weighted by molar-refractivity contribution is 7.89. The Hall–Kier alpha value is -2.63. The molecule has 23 heavy (non-hydrogen) atoms. The Morgan fingerprint density at radius 3 is 2.83 bits per heavy atom. The van der Waals surface area contributed by atoms with Crippen molar-refractivity contribution in [2.24, 2.45) is 0 Å². The van der Waals surface area contributed by atoms with Crippen molar-refractivity contribution in [2.75, 3.05) is 0 Å². The minimum absolute atomic E-state index is 0.0545. The number of sulfonamides is 1. The van der Waals surface area contributed by atoms with Crippen LogP contribution in [0.3, 0.4) is 0 Å². The van der Waals surface area contributed by atoms with Crippen LogP contribution < -0.4 is 4.72 Å². The van der Waals surface area contributed by atoms with E-state index in [4.69, 9.17) is 5.26 Å². The number of nitriles is 1. The highest BCUT2D eigenvalue weighted by Crippen LogP contribution is 2.37. The van der Waals surface area contributed by atoms with Crippen LogP contribution in [0, 0.1) is 11.3 Å². The third-order valence-electron chi connectivity index (χ3n) is 4.04. The molecule has 7 nitrogen and oxygen atoms in total. The molecule has 0 amide bonds. The Labute approximate surface area is 132 Å². The molecule has 0 spiro atoms. The van der Waals surface area contributed by atoms with Gasteiger partial charge in [-0.3, -0.25) is 0 Å². The molecule has 3 aliphatic rings. The van der Waals surface area contributed by atoms with Gasteiger partial charge < -0.3 is 5.21 Å². The molecule has 0 saturated heterocycles. The predicted octanol–water partition coefficient (Wildman–Crippen LogP) is 1.71. The lowest BCUT2D eigenvalue weighted by Crippen LogP contribution is -2.35. The van der Waals surface area contributed by atoms with E-state index in [0.717, 1.165) is 15.7 Å². The van der Waals surface area contributed by atoms with E-state index in [2.05, 4.69) is 9.71 Å². The minimum Gasteiger partial charge on any atom is -0.427 e. The average molecular weight is 328 g/mol. The summed E-state index contributed by atoms with van der Waals surface area (Å²) >= 11 is 0. The van der Waals surface area contributed by atoms with E-state index in [1.54, 1.807) is 18.2 Å². The minimum atomic E-state index is -3.79. The molecule has 1 aromatic carbocycles. The molecule has 0 bridgehead atoms. The van der Waals surface area contributed by atoms with E-state index in [-0.39, 0.29) is 4.90 Å². The van der Waals surface area contributed by atoms with Gasteiger partial charge in [-0.1, -0.05) is 6.07 Å². The Bertz CT molecular complexity index is 1040. The molecule has 116 valence electrons. The number of hydrogen-bond donors (Lipinski definition) is 2. The average Bonchev–Trinajstić information content (AvgIpc) is 3.18. The highest BCUT2D eigenvalue weighted by atomic mass is 32.2. The second-order valence-corrected chi connectivity index (χ2v) is 7.36. The van der Waals surface area contributed by atoms with Crippen molar-refractivity contribution in [3.8, 4) is 17.5 Å². The molecule has 1 aromatic rings. The first kappa shape index (κ1) is 14.0. The van der Waals surface area contributed by atoms with Gasteiger partial charge in [-0.15, -0.1) is 0 Å². The first-order valence-corrected chi connectivity index (χ1v) is 8.48. The fraction of sp³-hybridized carbons (Fsp3) is 0.200. The summed E-state index contributed by atoms with van der Waals surface area (Å²) in [5.41, 5.74) is 0.239. The predicted molar refractivity (Wildman–Crippen MR) is 81.4 cm³/mol. The van der Waals surface area contributed by atoms with Crippen LogP contribution in [0.5, 0.6) is 0 Å². The number of hydrogen-bond acceptors (Lipinski definition) is 5. The molecule has 8 heteroatoms. The van der Waals surface area contributed by atoms with E-state index in [1.807, 2.05) is 6.07 Å². The third kappa shape index (κ3) is 2.13. The molecule has 2 heterocycles. The summed E-state index contributed by atoms with van der Waals surface area (Å²) in [5.74, 6) is 0.362. The maximum atomic E-state index is 12.4. The lowest BCUT2D eigenvalue weighted by molar-refractivity contribution is 0.187. The second-order valence-electron chi connectivity index (χ2n) is 5.68. The van der Waals surface area contributed by atoms with Crippen LogP contribution in [0.2, 0.25) is 0 Å². The summed E-state index contributed by atoms with van der Waals surface area (Å²) in [6.45, 7) is 0. The normalized spacial score (nSPS) is 16.5. The molecule has 1 aliphatic carbocycles. The lowest BCUT2D eigenvalue weighted by Gasteiger charge is -2.10. The molecule has 2 aliphatic heterocycles. The molecule has 1 fully saturated rings. The molecule has 2 N–H and O–H groups in total. The zero-order valence-corrected chi connectivity index (χ0v) is 12.7. The zero-order chi connectivity index (χ0) is 16.2. The van der Waals surface area contributed by atoms with Gasteiger partial charge in [-0.25, -0.2) is 13.4 Å². The first-order chi connectivity index (χ1) is 10.9. The molecule has 0 unspecified atom stereocenters. The number of benzene rings is 1. The van der Waals surface area contributed by atoms with Crippen molar-refractivity contribution in [3.63, 3.8) is 0 Å². The molecule has 0 aromatic heterocycles. The van der Waals surface area contributed by atoms with Crippen LogP contribution >= 0.6 is 0 Å². The van der Waals surface area contributed by atoms with Crippen molar-refractivity contribution in [1.82, 2.24) is 14.4 Å². The Morgan fingerprint density at radius 2 is 2.13 bits per heavy atom. The molecule has 4 rings (SSSR count). The summed E-state index contributed by atoms with van der Waals surface area (Å²) in [4.78, 5) is 4.33. The standard InChI is InChI=1S/C15H12N4O3S/c16-9-15(5-6-15)18-23(21,22)10-3-4-11-12-2-1-7-19(20)14(12)17-13(11)8-10/h1-4,7-8,18,20H,5-6H2. The van der Waals surface area contributed by atoms with Gasteiger partial charge in [-0.2, -0.15) is 14.7 Å². The van der Waals surface area contributed by atoms with Crippen molar-refractivity contribution in [1.29, 1.82) is 5.26 Å². The SMILES string of the molecule is N#CC1(NS(=O)(=O)c2ccc3c4cccn(O)c-4nc3c2)CC1. The summed E-state index contributed by atoms with van der Waals surface area (Å²) in [7, 11) is -3.79. The van der Waals surface area contributed by atoms with Gasteiger partial charge >= 0.3 is 0 Å². The van der Waals surface area contributed by atoms with E-state index in [1.165, 1.54) is 18.3 Å². The van der Waals surface area contributed by atoms with Gasteiger partial charge in [0, 0.05) is 17.1 Å². The van der Waals surface area contributed by atoms with Gasteiger partial charge in [0.25, 0.3) is 0 Å². The number of fused-ring (bicyclic) bond motifs is 3. The number of pyridine rings is 1. The number of nitrogens with one attached hydrogen (secondary N) is 1. The summed E-state index contributed by atoms with van der Waals surface area (Å²) < 4.78 is 28.2. The first-order valence-electron chi connectivity index (χ1n) is 6.99. The van der Waals surface area contributed by atoms with Crippen LogP contribution in [-0.4, -0.2) is 28.9 Å². The van der Waals surface area contributed by atoms with Gasteiger partial charge in [0.1, 0.15) is 5.54 Å².